The summed E-state index contributed by atoms with van der Waals surface area (Å²) in [5.41, 5.74) is 1.69. The lowest BCUT2D eigenvalue weighted by atomic mass is 10.1. The van der Waals surface area contributed by atoms with E-state index >= 15 is 0 Å². The number of aromatic nitrogens is 1. The van der Waals surface area contributed by atoms with E-state index in [4.69, 9.17) is 0 Å². The number of anilines is 1. The van der Waals surface area contributed by atoms with E-state index in [0.29, 0.717) is 6.04 Å². The number of hydrogen-bond donors (Lipinski definition) is 1. The first kappa shape index (κ1) is 15.8. The molecule has 1 aliphatic rings. The number of nitrogens with one attached hydrogen (secondary N) is 1. The van der Waals surface area contributed by atoms with Gasteiger partial charge in [-0.3, -0.25) is 9.69 Å². The minimum absolute atomic E-state index is 0.121. The summed E-state index contributed by atoms with van der Waals surface area (Å²) in [7, 11) is 3.97. The van der Waals surface area contributed by atoms with Crippen LogP contribution < -0.4 is 5.32 Å². The first-order valence-electron chi connectivity index (χ1n) is 7.77. The van der Waals surface area contributed by atoms with E-state index in [-0.39, 0.29) is 5.91 Å². The Kier molecular flexibility index (Phi) is 5.17. The Morgan fingerprint density at radius 3 is 2.76 bits per heavy atom. The molecule has 0 aliphatic carbocycles. The lowest BCUT2D eigenvalue weighted by molar-refractivity contribution is 0.0541. The Balaban J connectivity index is 2.19. The predicted molar refractivity (Wildman–Crippen MR) is 85.8 cm³/mol. The van der Waals surface area contributed by atoms with E-state index < -0.39 is 0 Å². The van der Waals surface area contributed by atoms with Crippen molar-refractivity contribution in [1.82, 2.24) is 14.8 Å². The number of carbonyl (C=O) groups excluding carboxylic acids is 1. The fraction of sp³-hybridized carbons (Fsp3) is 0.625. The maximum Gasteiger partial charge on any atom is 0.254 e. The number of nitrogens with zero attached hydrogens (tertiary/aromatic N) is 3. The normalized spacial score (nSPS) is 19.6. The van der Waals surface area contributed by atoms with Crippen LogP contribution in [0.1, 0.15) is 36.3 Å². The number of hydrogen-bond acceptors (Lipinski definition) is 4. The molecular weight excluding hydrogens is 264 g/mol. The second kappa shape index (κ2) is 6.89. The summed E-state index contributed by atoms with van der Waals surface area (Å²) < 4.78 is 0. The number of piperazine rings is 1. The summed E-state index contributed by atoms with van der Waals surface area (Å²) in [6.45, 7) is 6.78. The van der Waals surface area contributed by atoms with Gasteiger partial charge in [0.15, 0.2) is 0 Å². The van der Waals surface area contributed by atoms with Crippen molar-refractivity contribution in [3.05, 3.63) is 23.4 Å². The molecule has 1 saturated heterocycles. The van der Waals surface area contributed by atoms with Gasteiger partial charge in [-0.05, 0) is 32.0 Å². The predicted octanol–water partition coefficient (Wildman–Crippen LogP) is 1.85. The Morgan fingerprint density at radius 1 is 1.38 bits per heavy atom. The van der Waals surface area contributed by atoms with E-state index in [1.807, 2.05) is 24.1 Å². The third-order valence-corrected chi connectivity index (χ3v) is 4.28. The molecule has 1 unspecified atom stereocenters. The number of pyridine rings is 1. The molecule has 1 fully saturated rings. The highest BCUT2D eigenvalue weighted by atomic mass is 16.2. The van der Waals surface area contributed by atoms with Gasteiger partial charge >= 0.3 is 0 Å². The van der Waals surface area contributed by atoms with E-state index in [0.717, 1.165) is 49.6 Å². The molecule has 2 rings (SSSR count). The number of amides is 1. The van der Waals surface area contributed by atoms with Crippen LogP contribution in [0.4, 0.5) is 5.82 Å². The number of likely N-dealkylation sites (N-methyl/N-ethyl adjacent to an activating group) is 1. The average Bonchev–Trinajstić information content (AvgIpc) is 2.54. The minimum atomic E-state index is 0.121. The second-order valence-corrected chi connectivity index (χ2v) is 5.63. The highest BCUT2D eigenvalue weighted by molar-refractivity contribution is 5.95. The number of rotatable bonds is 4. The molecule has 0 saturated carbocycles. The second-order valence-electron chi connectivity index (χ2n) is 5.63. The van der Waals surface area contributed by atoms with Crippen LogP contribution in [0.5, 0.6) is 0 Å². The van der Waals surface area contributed by atoms with E-state index in [2.05, 4.69) is 36.1 Å². The molecule has 1 N–H and O–H groups in total. The van der Waals surface area contributed by atoms with Crippen LogP contribution in [0.15, 0.2) is 12.1 Å². The molecule has 1 aromatic heterocycles. The van der Waals surface area contributed by atoms with Crippen molar-refractivity contribution in [3.8, 4) is 0 Å². The van der Waals surface area contributed by atoms with Crippen LogP contribution in [0.2, 0.25) is 0 Å². The summed E-state index contributed by atoms with van der Waals surface area (Å²) in [6.07, 6.45) is 1.90. The number of carbonyl (C=O) groups is 1. The molecule has 21 heavy (non-hydrogen) atoms. The highest BCUT2D eigenvalue weighted by Gasteiger charge is 2.27. The van der Waals surface area contributed by atoms with E-state index in [9.17, 15) is 4.79 Å². The molecule has 1 amide bonds. The molecule has 2 heterocycles. The first-order valence-corrected chi connectivity index (χ1v) is 7.77. The number of aryl methyl sites for hydroxylation is 1. The maximum absolute atomic E-state index is 12.8. The SMILES string of the molecule is CCc1cc(C(=O)N2CCN(C)C(CC)C2)cc(NC)n1. The van der Waals surface area contributed by atoms with Gasteiger partial charge in [-0.25, -0.2) is 4.98 Å². The van der Waals surface area contributed by atoms with Crippen molar-refractivity contribution in [2.75, 3.05) is 39.0 Å². The smallest absolute Gasteiger partial charge is 0.254 e. The molecule has 1 atom stereocenters. The lowest BCUT2D eigenvalue weighted by Crippen LogP contribution is -2.53. The van der Waals surface area contributed by atoms with Crippen LogP contribution in [-0.2, 0) is 6.42 Å². The molecule has 0 aromatic carbocycles. The summed E-state index contributed by atoms with van der Waals surface area (Å²) in [6, 6.07) is 4.22. The topological polar surface area (TPSA) is 48.5 Å². The summed E-state index contributed by atoms with van der Waals surface area (Å²) >= 11 is 0. The Bertz CT molecular complexity index is 481. The highest BCUT2D eigenvalue weighted by Crippen LogP contribution is 2.17. The molecule has 5 nitrogen and oxygen atoms in total. The fourth-order valence-corrected chi connectivity index (χ4v) is 2.77. The van der Waals surface area contributed by atoms with E-state index in [1.54, 1.807) is 0 Å². The standard InChI is InChI=1S/C16H26N4O/c1-5-13-9-12(10-15(17-3)18-13)16(21)20-8-7-19(4)14(6-2)11-20/h9-10,14H,5-8,11H2,1-4H3,(H,17,18). The zero-order valence-electron chi connectivity index (χ0n) is 13.5. The van der Waals surface area contributed by atoms with Crippen LogP contribution in [-0.4, -0.2) is 60.5 Å². The third kappa shape index (κ3) is 3.53. The summed E-state index contributed by atoms with van der Waals surface area (Å²) in [4.78, 5) is 21.5. The van der Waals surface area contributed by atoms with Gasteiger partial charge in [-0.15, -0.1) is 0 Å². The quantitative estimate of drug-likeness (QED) is 0.919. The maximum atomic E-state index is 12.8. The first-order chi connectivity index (χ1) is 10.1. The van der Waals surface area contributed by atoms with Gasteiger partial charge in [0, 0.05) is 44.0 Å². The molecule has 1 aromatic rings. The van der Waals surface area contributed by atoms with Gasteiger partial charge in [0.25, 0.3) is 5.91 Å². The van der Waals surface area contributed by atoms with Crippen LogP contribution in [0, 0.1) is 0 Å². The zero-order valence-corrected chi connectivity index (χ0v) is 13.5. The van der Waals surface area contributed by atoms with Gasteiger partial charge in [0.1, 0.15) is 5.82 Å². The molecule has 0 radical (unpaired) electrons. The molecule has 0 spiro atoms. The van der Waals surface area contributed by atoms with Gasteiger partial charge in [-0.2, -0.15) is 0 Å². The summed E-state index contributed by atoms with van der Waals surface area (Å²) in [5, 5.41) is 3.04. The van der Waals surface area contributed by atoms with Gasteiger partial charge in [-0.1, -0.05) is 13.8 Å². The Hall–Kier alpha value is -1.62. The van der Waals surface area contributed by atoms with Gasteiger partial charge in [0.2, 0.25) is 0 Å². The average molecular weight is 290 g/mol. The van der Waals surface area contributed by atoms with Crippen molar-refractivity contribution >= 4 is 11.7 Å². The Morgan fingerprint density at radius 2 is 2.14 bits per heavy atom. The van der Waals surface area contributed by atoms with Crippen LogP contribution >= 0.6 is 0 Å². The van der Waals surface area contributed by atoms with Crippen molar-refractivity contribution < 1.29 is 4.79 Å². The van der Waals surface area contributed by atoms with E-state index in [1.165, 1.54) is 0 Å². The van der Waals surface area contributed by atoms with Crippen LogP contribution in [0.25, 0.3) is 0 Å². The van der Waals surface area contributed by atoms with Gasteiger partial charge < -0.3 is 10.2 Å². The lowest BCUT2D eigenvalue weighted by Gasteiger charge is -2.39. The molecular formula is C16H26N4O. The molecule has 116 valence electrons. The zero-order chi connectivity index (χ0) is 15.4. The van der Waals surface area contributed by atoms with Crippen molar-refractivity contribution in [1.29, 1.82) is 0 Å². The largest absolute Gasteiger partial charge is 0.373 e. The van der Waals surface area contributed by atoms with Crippen molar-refractivity contribution in [2.45, 2.75) is 32.7 Å². The third-order valence-electron chi connectivity index (χ3n) is 4.28. The van der Waals surface area contributed by atoms with Gasteiger partial charge in [0.05, 0.1) is 0 Å². The molecule has 0 bridgehead atoms. The fourth-order valence-electron chi connectivity index (χ4n) is 2.77. The van der Waals surface area contributed by atoms with Crippen LogP contribution in [0.3, 0.4) is 0 Å². The minimum Gasteiger partial charge on any atom is -0.373 e. The molecule has 1 aliphatic heterocycles. The molecule has 5 heteroatoms. The van der Waals surface area contributed by atoms with Crippen molar-refractivity contribution in [2.24, 2.45) is 0 Å². The van der Waals surface area contributed by atoms with Crippen molar-refractivity contribution in [3.63, 3.8) is 0 Å². The Labute approximate surface area is 127 Å². The monoisotopic (exact) mass is 290 g/mol. The summed E-state index contributed by atoms with van der Waals surface area (Å²) in [5.74, 6) is 0.883.